The fourth-order valence-corrected chi connectivity index (χ4v) is 5.18. The molecule has 0 rings (SSSR count). The molecule has 0 saturated heterocycles. The maximum absolute atomic E-state index is 12.3. The first kappa shape index (κ1) is 47.5. The van der Waals surface area contributed by atoms with Gasteiger partial charge in [-0.3, -0.25) is 14.1 Å². The first-order valence-corrected chi connectivity index (χ1v) is 20.8. The molecule has 1 atom stereocenters. The standard InChI is InChI=1S/C41H69O8P/c1-3-5-7-9-11-13-15-17-18-19-20-21-22-24-26-28-30-32-34-36-41(43)49-39(38-48-50(44,45)46)37-47-40(42)35-33-31-29-27-25-23-16-14-12-10-8-6-4-2/h11,13,17-18,20-21,23-26,30,32,39H,3-10,12,14-16,19,22,27-29,31,33-38H2,1-2H3,(H2,44,45,46)/b13-11+,18-17+,21-20+,25-23+,26-24+,32-30+/t39-/m1/s1. The van der Waals surface area contributed by atoms with E-state index in [1.54, 1.807) is 0 Å². The van der Waals surface area contributed by atoms with E-state index < -0.39 is 32.5 Å². The molecular formula is C41H69O8P. The Morgan fingerprint density at radius 3 is 1.48 bits per heavy atom. The van der Waals surface area contributed by atoms with Crippen LogP contribution in [0.15, 0.2) is 72.9 Å². The van der Waals surface area contributed by atoms with E-state index in [4.69, 9.17) is 19.3 Å². The molecule has 0 radical (unpaired) electrons. The number of phosphoric ester groups is 1. The Bertz CT molecular complexity index is 1040. The highest BCUT2D eigenvalue weighted by Crippen LogP contribution is 2.35. The lowest BCUT2D eigenvalue weighted by Gasteiger charge is -2.18. The van der Waals surface area contributed by atoms with E-state index >= 15 is 0 Å². The van der Waals surface area contributed by atoms with Crippen LogP contribution in [0.2, 0.25) is 0 Å². The van der Waals surface area contributed by atoms with Crippen molar-refractivity contribution in [1.82, 2.24) is 0 Å². The van der Waals surface area contributed by atoms with E-state index in [0.29, 0.717) is 12.8 Å². The van der Waals surface area contributed by atoms with Crippen LogP contribution >= 0.6 is 7.82 Å². The van der Waals surface area contributed by atoms with Crippen LogP contribution in [0.1, 0.15) is 155 Å². The summed E-state index contributed by atoms with van der Waals surface area (Å²) in [5.74, 6) is -1.01. The second-order valence-electron chi connectivity index (χ2n) is 12.5. The van der Waals surface area contributed by atoms with E-state index in [1.165, 1.54) is 64.2 Å². The van der Waals surface area contributed by atoms with Gasteiger partial charge in [0, 0.05) is 12.8 Å². The summed E-state index contributed by atoms with van der Waals surface area (Å²) in [6, 6.07) is 0. The quantitative estimate of drug-likeness (QED) is 0.0292. The van der Waals surface area contributed by atoms with E-state index in [1.807, 2.05) is 12.2 Å². The van der Waals surface area contributed by atoms with Gasteiger partial charge in [-0.05, 0) is 77.0 Å². The topological polar surface area (TPSA) is 119 Å². The normalized spacial score (nSPS) is 13.3. The largest absolute Gasteiger partial charge is 0.469 e. The SMILES string of the molecule is CCCCC/C=C/C/C=C/C/C=C/C/C=C/C/C=C/CCC(=O)O[C@H](COC(=O)CCCCC/C=C/CCCCCCCC)COP(=O)(O)O. The molecule has 0 aliphatic rings. The molecule has 0 heterocycles. The zero-order valence-corrected chi connectivity index (χ0v) is 32.2. The maximum Gasteiger partial charge on any atom is 0.469 e. The van der Waals surface area contributed by atoms with Crippen molar-refractivity contribution >= 4 is 19.8 Å². The number of allylic oxidation sites excluding steroid dienone is 12. The monoisotopic (exact) mass is 720 g/mol. The molecule has 0 fully saturated rings. The van der Waals surface area contributed by atoms with Gasteiger partial charge in [0.15, 0.2) is 6.10 Å². The number of carbonyl (C=O) groups excluding carboxylic acids is 2. The number of carbonyl (C=O) groups is 2. The van der Waals surface area contributed by atoms with Gasteiger partial charge >= 0.3 is 19.8 Å². The molecule has 0 aromatic carbocycles. The van der Waals surface area contributed by atoms with Crippen LogP contribution in [-0.4, -0.2) is 41.0 Å². The van der Waals surface area contributed by atoms with Gasteiger partial charge in [-0.2, -0.15) is 0 Å². The molecule has 0 aliphatic carbocycles. The molecule has 0 amide bonds. The Labute approximate surface area is 304 Å². The Morgan fingerprint density at radius 1 is 0.520 bits per heavy atom. The van der Waals surface area contributed by atoms with Gasteiger partial charge in [-0.25, -0.2) is 4.57 Å². The summed E-state index contributed by atoms with van der Waals surface area (Å²) in [7, 11) is -4.78. The highest BCUT2D eigenvalue weighted by Gasteiger charge is 2.22. The first-order valence-electron chi connectivity index (χ1n) is 19.2. The lowest BCUT2D eigenvalue weighted by Crippen LogP contribution is -2.29. The van der Waals surface area contributed by atoms with Crippen molar-refractivity contribution in [2.24, 2.45) is 0 Å². The lowest BCUT2D eigenvalue weighted by atomic mass is 10.1. The third kappa shape index (κ3) is 38.3. The van der Waals surface area contributed by atoms with Gasteiger partial charge in [0.05, 0.1) is 6.61 Å². The van der Waals surface area contributed by atoms with Crippen LogP contribution in [0.25, 0.3) is 0 Å². The van der Waals surface area contributed by atoms with Crippen LogP contribution < -0.4 is 0 Å². The van der Waals surface area contributed by atoms with Crippen LogP contribution in [0, 0.1) is 0 Å². The second kappa shape index (κ2) is 36.3. The summed E-state index contributed by atoms with van der Waals surface area (Å²) in [6.07, 6.45) is 46.4. The molecule has 0 aromatic heterocycles. The van der Waals surface area contributed by atoms with Crippen LogP contribution in [0.5, 0.6) is 0 Å². The smallest absolute Gasteiger partial charge is 0.462 e. The minimum atomic E-state index is -4.78. The highest BCUT2D eigenvalue weighted by atomic mass is 31.2. The Kier molecular flexibility index (Phi) is 34.5. The number of hydrogen-bond donors (Lipinski definition) is 2. The molecule has 0 saturated carbocycles. The third-order valence-electron chi connectivity index (χ3n) is 7.71. The summed E-state index contributed by atoms with van der Waals surface area (Å²) in [5.41, 5.74) is 0. The molecule has 0 spiro atoms. The summed E-state index contributed by atoms with van der Waals surface area (Å²) in [5, 5.41) is 0. The van der Waals surface area contributed by atoms with E-state index in [2.05, 4.69) is 79.1 Å². The van der Waals surface area contributed by atoms with Crippen molar-refractivity contribution in [2.75, 3.05) is 13.2 Å². The van der Waals surface area contributed by atoms with Gasteiger partial charge in [-0.1, -0.05) is 138 Å². The zero-order valence-electron chi connectivity index (χ0n) is 31.3. The van der Waals surface area contributed by atoms with Gasteiger partial charge in [0.25, 0.3) is 0 Å². The molecule has 2 N–H and O–H groups in total. The molecule has 0 aliphatic heterocycles. The summed E-state index contributed by atoms with van der Waals surface area (Å²) >= 11 is 0. The van der Waals surface area contributed by atoms with Crippen molar-refractivity contribution in [3.8, 4) is 0 Å². The average Bonchev–Trinajstić information content (AvgIpc) is 3.08. The van der Waals surface area contributed by atoms with Gasteiger partial charge in [0.1, 0.15) is 6.61 Å². The molecule has 0 aromatic rings. The first-order chi connectivity index (χ1) is 24.3. The Hall–Kier alpha value is -2.51. The van der Waals surface area contributed by atoms with Crippen molar-refractivity contribution in [3.05, 3.63) is 72.9 Å². The number of hydrogen-bond acceptors (Lipinski definition) is 6. The fourth-order valence-electron chi connectivity index (χ4n) is 4.82. The predicted molar refractivity (Wildman–Crippen MR) is 207 cm³/mol. The van der Waals surface area contributed by atoms with E-state index in [-0.39, 0.29) is 19.4 Å². The van der Waals surface area contributed by atoms with Gasteiger partial charge in [0.2, 0.25) is 0 Å². The Balaban J connectivity index is 4.14. The Morgan fingerprint density at radius 2 is 0.940 bits per heavy atom. The zero-order chi connectivity index (χ0) is 36.8. The maximum atomic E-state index is 12.3. The summed E-state index contributed by atoms with van der Waals surface area (Å²) in [4.78, 5) is 42.6. The van der Waals surface area contributed by atoms with Crippen molar-refractivity contribution in [3.63, 3.8) is 0 Å². The number of phosphoric acid groups is 1. The molecule has 0 unspecified atom stereocenters. The molecule has 8 nitrogen and oxygen atoms in total. The number of unbranched alkanes of at least 4 members (excludes halogenated alkanes) is 12. The highest BCUT2D eigenvalue weighted by molar-refractivity contribution is 7.46. The second-order valence-corrected chi connectivity index (χ2v) is 13.8. The van der Waals surface area contributed by atoms with Crippen molar-refractivity contribution in [1.29, 1.82) is 0 Å². The third-order valence-corrected chi connectivity index (χ3v) is 8.20. The summed E-state index contributed by atoms with van der Waals surface area (Å²) < 4.78 is 26.2. The van der Waals surface area contributed by atoms with Crippen LogP contribution in [0.3, 0.4) is 0 Å². The lowest BCUT2D eigenvalue weighted by molar-refractivity contribution is -0.161. The van der Waals surface area contributed by atoms with Crippen molar-refractivity contribution < 1.29 is 37.9 Å². The number of esters is 2. The number of ether oxygens (including phenoxy) is 2. The molecule has 50 heavy (non-hydrogen) atoms. The van der Waals surface area contributed by atoms with Crippen LogP contribution in [0.4, 0.5) is 0 Å². The number of rotatable bonds is 34. The molecular weight excluding hydrogens is 651 g/mol. The molecule has 9 heteroatoms. The fraction of sp³-hybridized carbons (Fsp3) is 0.659. The van der Waals surface area contributed by atoms with Gasteiger partial charge in [-0.15, -0.1) is 0 Å². The molecule has 0 bridgehead atoms. The predicted octanol–water partition coefficient (Wildman–Crippen LogP) is 11.5. The minimum absolute atomic E-state index is 0.0822. The average molecular weight is 721 g/mol. The molecule has 286 valence electrons. The van der Waals surface area contributed by atoms with Crippen LogP contribution in [-0.2, 0) is 28.2 Å². The van der Waals surface area contributed by atoms with Crippen molar-refractivity contribution in [2.45, 2.75) is 161 Å². The summed E-state index contributed by atoms with van der Waals surface area (Å²) in [6.45, 7) is 3.55. The van der Waals surface area contributed by atoms with E-state index in [0.717, 1.165) is 51.4 Å². The van der Waals surface area contributed by atoms with E-state index in [9.17, 15) is 14.2 Å². The van der Waals surface area contributed by atoms with Gasteiger partial charge < -0.3 is 19.3 Å². The minimum Gasteiger partial charge on any atom is -0.462 e.